The number of hydrogen-bond acceptors (Lipinski definition) is 4. The molecule has 0 aromatic heterocycles. The van der Waals surface area contributed by atoms with Crippen LogP contribution in [0.15, 0.2) is 48.5 Å². The topological polar surface area (TPSA) is 77.3 Å². The number of nitrogens with zero attached hydrogens (tertiary/aromatic N) is 2. The number of carbonyl (C=O) groups is 2. The van der Waals surface area contributed by atoms with Gasteiger partial charge in [-0.25, -0.2) is 0 Å². The van der Waals surface area contributed by atoms with E-state index in [2.05, 4.69) is 10.2 Å². The van der Waals surface area contributed by atoms with E-state index in [-0.39, 0.29) is 23.6 Å². The number of nitrogens with one attached hydrogen (secondary N) is 2. The van der Waals surface area contributed by atoms with Gasteiger partial charge in [-0.1, -0.05) is 12.1 Å². The number of rotatable bonds is 3. The van der Waals surface area contributed by atoms with Gasteiger partial charge in [0.05, 0.1) is 37.6 Å². The number of quaternary nitrogens is 1. The summed E-state index contributed by atoms with van der Waals surface area (Å²) in [6.45, 7) is 8.86. The Hall–Kier alpha value is -3.06. The lowest BCUT2D eigenvalue weighted by molar-refractivity contribution is -0.914. The van der Waals surface area contributed by atoms with E-state index >= 15 is 0 Å². The van der Waals surface area contributed by atoms with Crippen LogP contribution in [0.3, 0.4) is 0 Å². The largest absolute Gasteiger partial charge is 0.508 e. The van der Waals surface area contributed by atoms with Gasteiger partial charge in [0.1, 0.15) is 11.3 Å². The van der Waals surface area contributed by atoms with Gasteiger partial charge in [0.2, 0.25) is 5.91 Å². The Morgan fingerprint density at radius 1 is 1.10 bits per heavy atom. The lowest BCUT2D eigenvalue weighted by Gasteiger charge is -2.44. The van der Waals surface area contributed by atoms with Crippen LogP contribution in [0.5, 0.6) is 5.75 Å². The predicted octanol–water partition coefficient (Wildman–Crippen LogP) is 1.25. The number of piperazine rings is 1. The molecule has 0 unspecified atom stereocenters. The summed E-state index contributed by atoms with van der Waals surface area (Å²) in [6, 6.07) is 14.4. The van der Waals surface area contributed by atoms with Crippen LogP contribution in [-0.2, 0) is 9.59 Å². The van der Waals surface area contributed by atoms with Crippen LogP contribution in [-0.4, -0.2) is 54.7 Å². The highest BCUT2D eigenvalue weighted by atomic mass is 16.3. The number of phenols is 1. The molecule has 158 valence electrons. The maximum Gasteiger partial charge on any atom is 0.285 e. The molecule has 2 aromatic carbocycles. The Bertz CT molecular complexity index is 949. The molecular weight excluding hydrogens is 380 g/mol. The van der Waals surface area contributed by atoms with E-state index < -0.39 is 5.54 Å². The van der Waals surface area contributed by atoms with E-state index in [0.717, 1.165) is 37.6 Å². The Labute approximate surface area is 176 Å². The van der Waals surface area contributed by atoms with Crippen LogP contribution in [0.1, 0.15) is 20.8 Å². The summed E-state index contributed by atoms with van der Waals surface area (Å²) in [7, 11) is 0. The quantitative estimate of drug-likeness (QED) is 0.713. The standard InChI is InChI=1S/C23H28N4O3/c1-16(25-12-14-26(15-13-25)17-8-10-18(28)11-9-17)21(29)27-20-7-5-4-6-19(20)24-22(30)23(27,2)3/h4-11,16,28H,12-15H2,1-3H3,(H,24,30)/p+1/t16-/m1/s1. The molecular formula is C23H29N4O3+. The fourth-order valence-corrected chi connectivity index (χ4v) is 4.36. The van der Waals surface area contributed by atoms with Gasteiger partial charge in [0.25, 0.3) is 5.91 Å². The molecule has 2 amide bonds. The number of hydrogen-bond donors (Lipinski definition) is 3. The third-order valence-corrected chi connectivity index (χ3v) is 6.33. The molecule has 0 bridgehead atoms. The fourth-order valence-electron chi connectivity index (χ4n) is 4.36. The first-order chi connectivity index (χ1) is 14.3. The minimum Gasteiger partial charge on any atom is -0.508 e. The third kappa shape index (κ3) is 3.50. The Balaban J connectivity index is 1.50. The molecule has 1 saturated heterocycles. The second-order valence-electron chi connectivity index (χ2n) is 8.59. The van der Waals surface area contributed by atoms with E-state index in [1.54, 1.807) is 30.9 Å². The van der Waals surface area contributed by atoms with Crippen LogP contribution in [0.25, 0.3) is 0 Å². The molecule has 4 rings (SSSR count). The van der Waals surface area contributed by atoms with Crippen LogP contribution >= 0.6 is 0 Å². The molecule has 2 aliphatic heterocycles. The average Bonchev–Trinajstić information content (AvgIpc) is 2.74. The molecule has 0 saturated carbocycles. The van der Waals surface area contributed by atoms with E-state index in [9.17, 15) is 14.7 Å². The number of para-hydroxylation sites is 2. The van der Waals surface area contributed by atoms with Crippen molar-refractivity contribution >= 4 is 28.9 Å². The Morgan fingerprint density at radius 2 is 1.73 bits per heavy atom. The first kappa shape index (κ1) is 20.2. The van der Waals surface area contributed by atoms with E-state index in [0.29, 0.717) is 5.69 Å². The SMILES string of the molecule is C[C@H](C(=O)N1c2ccccc2NC(=O)C1(C)C)[NH+]1CCN(c2ccc(O)cc2)CC1. The van der Waals surface area contributed by atoms with Gasteiger partial charge in [-0.2, -0.15) is 0 Å². The smallest absolute Gasteiger partial charge is 0.285 e. The van der Waals surface area contributed by atoms with Crippen molar-refractivity contribution in [2.24, 2.45) is 0 Å². The average molecular weight is 410 g/mol. The number of benzene rings is 2. The summed E-state index contributed by atoms with van der Waals surface area (Å²) in [5.74, 6) is 0.0555. The summed E-state index contributed by atoms with van der Waals surface area (Å²) in [5, 5.41) is 12.4. The highest BCUT2D eigenvalue weighted by Crippen LogP contribution is 2.36. The number of amides is 2. The number of aromatic hydroxyl groups is 1. The second kappa shape index (κ2) is 7.65. The van der Waals surface area contributed by atoms with E-state index in [1.807, 2.05) is 43.3 Å². The number of phenolic OH excluding ortho intramolecular Hbond substituents is 1. The number of fused-ring (bicyclic) bond motifs is 1. The van der Waals surface area contributed by atoms with Crippen molar-refractivity contribution in [3.05, 3.63) is 48.5 Å². The zero-order valence-corrected chi connectivity index (χ0v) is 17.7. The Kier molecular flexibility index (Phi) is 5.15. The van der Waals surface area contributed by atoms with Crippen molar-refractivity contribution in [1.29, 1.82) is 0 Å². The van der Waals surface area contributed by atoms with Gasteiger partial charge in [-0.05, 0) is 57.2 Å². The third-order valence-electron chi connectivity index (χ3n) is 6.33. The van der Waals surface area contributed by atoms with Gasteiger partial charge >= 0.3 is 0 Å². The molecule has 2 aliphatic rings. The first-order valence-corrected chi connectivity index (χ1v) is 10.4. The summed E-state index contributed by atoms with van der Waals surface area (Å²) in [5.41, 5.74) is 1.55. The molecule has 0 aliphatic carbocycles. The molecule has 30 heavy (non-hydrogen) atoms. The lowest BCUT2D eigenvalue weighted by Crippen LogP contribution is -3.19. The number of anilines is 3. The normalized spacial score (nSPS) is 19.8. The van der Waals surface area contributed by atoms with Crippen molar-refractivity contribution in [1.82, 2.24) is 0 Å². The molecule has 0 radical (unpaired) electrons. The van der Waals surface area contributed by atoms with Gasteiger partial charge in [0.15, 0.2) is 6.04 Å². The van der Waals surface area contributed by atoms with Crippen molar-refractivity contribution in [2.45, 2.75) is 32.4 Å². The van der Waals surface area contributed by atoms with Gasteiger partial charge < -0.3 is 20.2 Å². The summed E-state index contributed by atoms with van der Waals surface area (Å²) >= 11 is 0. The highest BCUT2D eigenvalue weighted by Gasteiger charge is 2.46. The number of carbonyl (C=O) groups excluding carboxylic acids is 2. The van der Waals surface area contributed by atoms with Crippen molar-refractivity contribution in [2.75, 3.05) is 41.3 Å². The first-order valence-electron chi connectivity index (χ1n) is 10.4. The summed E-state index contributed by atoms with van der Waals surface area (Å²) < 4.78 is 0. The van der Waals surface area contributed by atoms with Crippen LogP contribution < -0.4 is 20.0 Å². The molecule has 1 atom stereocenters. The summed E-state index contributed by atoms with van der Waals surface area (Å²) in [4.78, 5) is 31.4. The van der Waals surface area contributed by atoms with Gasteiger partial charge in [-0.15, -0.1) is 0 Å². The zero-order valence-electron chi connectivity index (χ0n) is 17.7. The van der Waals surface area contributed by atoms with E-state index in [1.165, 1.54) is 4.90 Å². The maximum atomic E-state index is 13.6. The van der Waals surface area contributed by atoms with Crippen molar-refractivity contribution < 1.29 is 19.6 Å². The van der Waals surface area contributed by atoms with Crippen LogP contribution in [0.2, 0.25) is 0 Å². The minimum atomic E-state index is -0.951. The molecule has 3 N–H and O–H groups in total. The molecule has 2 aromatic rings. The van der Waals surface area contributed by atoms with Gasteiger partial charge in [0, 0.05) is 5.69 Å². The van der Waals surface area contributed by atoms with E-state index in [4.69, 9.17) is 0 Å². The van der Waals surface area contributed by atoms with Crippen molar-refractivity contribution in [3.63, 3.8) is 0 Å². The van der Waals surface area contributed by atoms with Crippen LogP contribution in [0, 0.1) is 0 Å². The fraction of sp³-hybridized carbons (Fsp3) is 0.391. The minimum absolute atomic E-state index is 0.0321. The predicted molar refractivity (Wildman–Crippen MR) is 117 cm³/mol. The molecule has 2 heterocycles. The molecule has 1 fully saturated rings. The monoisotopic (exact) mass is 409 g/mol. The molecule has 7 heteroatoms. The zero-order chi connectivity index (χ0) is 21.5. The summed E-state index contributed by atoms with van der Waals surface area (Å²) in [6.07, 6.45) is 0. The second-order valence-corrected chi connectivity index (χ2v) is 8.59. The van der Waals surface area contributed by atoms with Crippen molar-refractivity contribution in [3.8, 4) is 5.75 Å². The molecule has 7 nitrogen and oxygen atoms in total. The van der Waals surface area contributed by atoms with Crippen LogP contribution in [0.4, 0.5) is 17.1 Å². The maximum absolute atomic E-state index is 13.6. The Morgan fingerprint density at radius 3 is 2.40 bits per heavy atom. The van der Waals surface area contributed by atoms with Gasteiger partial charge in [-0.3, -0.25) is 14.5 Å². The molecule has 0 spiro atoms. The lowest BCUT2D eigenvalue weighted by atomic mass is 9.95. The highest BCUT2D eigenvalue weighted by molar-refractivity contribution is 6.14.